The Balaban J connectivity index is 0.00000117. The number of halogens is 2. The van der Waals surface area contributed by atoms with Crippen molar-refractivity contribution in [3.8, 4) is 11.4 Å². The van der Waals surface area contributed by atoms with Crippen LogP contribution in [0.2, 0.25) is 0 Å². The molecule has 0 saturated carbocycles. The van der Waals surface area contributed by atoms with Crippen molar-refractivity contribution in [2.45, 2.75) is 0 Å². The fourth-order valence-corrected chi connectivity index (χ4v) is 2.71. The molecule has 2 aromatic heterocycles. The quantitative estimate of drug-likeness (QED) is 0.507. The molecule has 29 heavy (non-hydrogen) atoms. The molecule has 146 valence electrons. The van der Waals surface area contributed by atoms with E-state index in [-0.39, 0.29) is 17.1 Å². The molecule has 0 atom stereocenters. The molecule has 0 fully saturated rings. The fraction of sp³-hybridized carbons (Fsp3) is 0.0476. The summed E-state index contributed by atoms with van der Waals surface area (Å²) in [5.74, 6) is -0.494. The van der Waals surface area contributed by atoms with Gasteiger partial charge in [0.2, 0.25) is 0 Å². The molecular formula is C21H17F2N5O. The number of aromatic nitrogens is 3. The van der Waals surface area contributed by atoms with Crippen molar-refractivity contribution in [3.05, 3.63) is 78.1 Å². The van der Waals surface area contributed by atoms with Crippen molar-refractivity contribution < 1.29 is 13.6 Å². The van der Waals surface area contributed by atoms with Crippen LogP contribution < -0.4 is 11.1 Å². The number of pyridine rings is 1. The van der Waals surface area contributed by atoms with Crippen molar-refractivity contribution in [1.82, 2.24) is 15.0 Å². The Bertz CT molecular complexity index is 1150. The second-order valence-electron chi connectivity index (χ2n) is 5.74. The molecule has 0 aliphatic rings. The van der Waals surface area contributed by atoms with E-state index in [2.05, 4.69) is 26.0 Å². The summed E-state index contributed by atoms with van der Waals surface area (Å²) in [4.78, 5) is 24.2. The van der Waals surface area contributed by atoms with Crippen molar-refractivity contribution in [1.29, 1.82) is 0 Å². The topological polar surface area (TPSA) is 93.8 Å². The summed E-state index contributed by atoms with van der Waals surface area (Å²) in [5, 5.41) is 3.34. The largest absolute Gasteiger partial charge is 0.339 e. The molecule has 8 heteroatoms. The predicted molar refractivity (Wildman–Crippen MR) is 108 cm³/mol. The molecule has 6 nitrogen and oxygen atoms in total. The number of benzene rings is 2. The van der Waals surface area contributed by atoms with E-state index in [1.54, 1.807) is 30.6 Å². The van der Waals surface area contributed by atoms with Gasteiger partial charge in [0.15, 0.2) is 12.1 Å². The summed E-state index contributed by atoms with van der Waals surface area (Å²) >= 11 is 0. The number of carbonyl (C=O) groups excluding carboxylic acids is 1. The van der Waals surface area contributed by atoms with Gasteiger partial charge in [0.05, 0.1) is 16.8 Å². The Hall–Kier alpha value is -3.78. The molecule has 0 unspecified atom stereocenters. The second-order valence-corrected chi connectivity index (χ2v) is 5.74. The van der Waals surface area contributed by atoms with Crippen molar-refractivity contribution in [2.24, 2.45) is 5.73 Å². The van der Waals surface area contributed by atoms with Crippen molar-refractivity contribution in [2.75, 3.05) is 12.4 Å². The average Bonchev–Trinajstić information content (AvgIpc) is 2.76. The Kier molecular flexibility index (Phi) is 6.16. The first-order chi connectivity index (χ1) is 14.2. The lowest BCUT2D eigenvalue weighted by Crippen LogP contribution is -2.03. The molecule has 4 rings (SSSR count). The van der Waals surface area contributed by atoms with Crippen LogP contribution in [0.1, 0.15) is 10.4 Å². The van der Waals surface area contributed by atoms with Crippen LogP contribution >= 0.6 is 0 Å². The Labute approximate surface area is 165 Å². The maximum absolute atomic E-state index is 13.9. The number of hydrogen-bond donors (Lipinski definition) is 2. The lowest BCUT2D eigenvalue weighted by Gasteiger charge is -2.12. The molecule has 0 spiro atoms. The standard InChI is InChI=1S/C20H12F2N4O.CH5N/c21-13-6-7-18-14(9-13)20(25-17-5-1-4-16(22)15(17)11-27)26-19(24-18)12-3-2-8-23-10-12;1-2/h1-11H,(H,24,25,26);2H2,1H3. The first-order valence-electron chi connectivity index (χ1n) is 8.62. The van der Waals surface area contributed by atoms with E-state index in [0.29, 0.717) is 28.6 Å². The van der Waals surface area contributed by atoms with E-state index in [1.807, 2.05) is 0 Å². The zero-order chi connectivity index (χ0) is 20.8. The summed E-state index contributed by atoms with van der Waals surface area (Å²) in [5.41, 5.74) is 5.76. The van der Waals surface area contributed by atoms with E-state index >= 15 is 0 Å². The molecule has 3 N–H and O–H groups in total. The lowest BCUT2D eigenvalue weighted by atomic mass is 10.1. The van der Waals surface area contributed by atoms with Gasteiger partial charge in [-0.2, -0.15) is 0 Å². The fourth-order valence-electron chi connectivity index (χ4n) is 2.71. The highest BCUT2D eigenvalue weighted by atomic mass is 19.1. The number of carbonyl (C=O) groups is 1. The molecule has 0 aliphatic heterocycles. The van der Waals surface area contributed by atoms with Crippen LogP contribution in [0.15, 0.2) is 60.9 Å². The molecule has 0 aliphatic carbocycles. The van der Waals surface area contributed by atoms with Crippen LogP contribution in [0.3, 0.4) is 0 Å². The second kappa shape index (κ2) is 8.94. The van der Waals surface area contributed by atoms with Crippen LogP contribution in [0.25, 0.3) is 22.3 Å². The highest BCUT2D eigenvalue weighted by molar-refractivity contribution is 5.94. The zero-order valence-electron chi connectivity index (χ0n) is 15.4. The van der Waals surface area contributed by atoms with Crippen molar-refractivity contribution in [3.63, 3.8) is 0 Å². The molecule has 0 radical (unpaired) electrons. The number of rotatable bonds is 4. The number of nitrogens with one attached hydrogen (secondary N) is 1. The third-order valence-corrected chi connectivity index (χ3v) is 4.00. The molecule has 2 heterocycles. The van der Waals surface area contributed by atoms with E-state index < -0.39 is 11.6 Å². The molecule has 0 saturated heterocycles. The van der Waals surface area contributed by atoms with Crippen molar-refractivity contribution >= 4 is 28.7 Å². The average molecular weight is 393 g/mol. The monoisotopic (exact) mass is 393 g/mol. The normalized spacial score (nSPS) is 10.2. The molecule has 4 aromatic rings. The minimum Gasteiger partial charge on any atom is -0.339 e. The number of anilines is 2. The minimum absolute atomic E-state index is 0.136. The summed E-state index contributed by atoms with van der Waals surface area (Å²) < 4.78 is 27.7. The van der Waals surface area contributed by atoms with Crippen LogP contribution in [0.4, 0.5) is 20.3 Å². The van der Waals surface area contributed by atoms with Crippen LogP contribution in [0.5, 0.6) is 0 Å². The maximum atomic E-state index is 13.9. The highest BCUT2D eigenvalue weighted by Gasteiger charge is 2.14. The first-order valence-corrected chi connectivity index (χ1v) is 8.62. The number of nitrogens with two attached hydrogens (primary N) is 1. The Morgan fingerprint density at radius 1 is 1.03 bits per heavy atom. The third-order valence-electron chi connectivity index (χ3n) is 4.00. The van der Waals surface area contributed by atoms with Gasteiger partial charge in [0, 0.05) is 23.3 Å². The van der Waals surface area contributed by atoms with Gasteiger partial charge in [-0.3, -0.25) is 9.78 Å². The van der Waals surface area contributed by atoms with E-state index in [4.69, 9.17) is 0 Å². The number of aldehydes is 1. The van der Waals surface area contributed by atoms with Gasteiger partial charge < -0.3 is 11.1 Å². The number of hydrogen-bond acceptors (Lipinski definition) is 6. The summed E-state index contributed by atoms with van der Waals surface area (Å²) in [6.45, 7) is 0. The van der Waals surface area contributed by atoms with Gasteiger partial charge >= 0.3 is 0 Å². The van der Waals surface area contributed by atoms with Crippen LogP contribution in [0, 0.1) is 11.6 Å². The van der Waals surface area contributed by atoms with Gasteiger partial charge in [0.25, 0.3) is 0 Å². The lowest BCUT2D eigenvalue weighted by molar-refractivity contribution is 0.112. The van der Waals surface area contributed by atoms with Gasteiger partial charge in [-0.05, 0) is 49.5 Å². The van der Waals surface area contributed by atoms with E-state index in [1.165, 1.54) is 37.4 Å². The Morgan fingerprint density at radius 2 is 1.86 bits per heavy atom. The van der Waals surface area contributed by atoms with Gasteiger partial charge in [-0.15, -0.1) is 0 Å². The van der Waals surface area contributed by atoms with Crippen LogP contribution in [-0.4, -0.2) is 28.3 Å². The summed E-state index contributed by atoms with van der Waals surface area (Å²) in [7, 11) is 1.50. The molecule has 2 aromatic carbocycles. The molecular weight excluding hydrogens is 376 g/mol. The van der Waals surface area contributed by atoms with E-state index in [0.717, 1.165) is 0 Å². The smallest absolute Gasteiger partial charge is 0.163 e. The number of fused-ring (bicyclic) bond motifs is 1. The maximum Gasteiger partial charge on any atom is 0.163 e. The minimum atomic E-state index is -0.660. The molecule has 0 amide bonds. The SMILES string of the molecule is CN.O=Cc1c(F)cccc1Nc1nc(-c2cccnc2)nc2ccc(F)cc12. The van der Waals surface area contributed by atoms with E-state index in [9.17, 15) is 13.6 Å². The first kappa shape index (κ1) is 20.0. The van der Waals surface area contributed by atoms with Gasteiger partial charge in [-0.1, -0.05) is 6.07 Å². The zero-order valence-corrected chi connectivity index (χ0v) is 15.4. The summed E-state index contributed by atoms with van der Waals surface area (Å²) in [6, 6.07) is 11.9. The number of nitrogens with zero attached hydrogens (tertiary/aromatic N) is 3. The highest BCUT2D eigenvalue weighted by Crippen LogP contribution is 2.29. The predicted octanol–water partition coefficient (Wildman–Crippen LogP) is 4.10. The van der Waals surface area contributed by atoms with Crippen LogP contribution in [-0.2, 0) is 0 Å². The Morgan fingerprint density at radius 3 is 2.59 bits per heavy atom. The third kappa shape index (κ3) is 4.22. The molecule has 0 bridgehead atoms. The summed E-state index contributed by atoms with van der Waals surface area (Å²) in [6.07, 6.45) is 3.65. The van der Waals surface area contributed by atoms with Gasteiger partial charge in [-0.25, -0.2) is 18.7 Å². The van der Waals surface area contributed by atoms with Gasteiger partial charge in [0.1, 0.15) is 17.5 Å².